The van der Waals surface area contributed by atoms with Crippen LogP contribution in [0.4, 0.5) is 0 Å². The third kappa shape index (κ3) is 4.86. The van der Waals surface area contributed by atoms with Crippen molar-refractivity contribution in [1.82, 2.24) is 9.62 Å². The maximum Gasteiger partial charge on any atom is 0.211 e. The lowest BCUT2D eigenvalue weighted by atomic mass is 9.97. The fraction of sp³-hybridized carbons (Fsp3) is 1.00. The van der Waals surface area contributed by atoms with Gasteiger partial charge >= 0.3 is 0 Å². The zero-order valence-electron chi connectivity index (χ0n) is 12.1. The van der Waals surface area contributed by atoms with Crippen molar-refractivity contribution in [2.45, 2.75) is 46.1 Å². The van der Waals surface area contributed by atoms with Gasteiger partial charge in [0.25, 0.3) is 0 Å². The van der Waals surface area contributed by atoms with Gasteiger partial charge in [-0.2, -0.15) is 0 Å². The first-order valence-corrected chi connectivity index (χ1v) is 8.88. The molecule has 108 valence electrons. The van der Waals surface area contributed by atoms with Gasteiger partial charge in [0, 0.05) is 19.1 Å². The maximum absolute atomic E-state index is 11.5. The molecule has 18 heavy (non-hydrogen) atoms. The van der Waals surface area contributed by atoms with Gasteiger partial charge in [0.15, 0.2) is 0 Å². The van der Waals surface area contributed by atoms with Crippen LogP contribution >= 0.6 is 0 Å². The van der Waals surface area contributed by atoms with E-state index in [2.05, 4.69) is 26.1 Å². The lowest BCUT2D eigenvalue weighted by Crippen LogP contribution is -2.44. The Bertz CT molecular complexity index is 343. The molecule has 0 aromatic heterocycles. The Morgan fingerprint density at radius 1 is 1.39 bits per heavy atom. The van der Waals surface area contributed by atoms with E-state index < -0.39 is 10.0 Å². The van der Waals surface area contributed by atoms with E-state index in [1.54, 1.807) is 4.31 Å². The number of nitrogens with zero attached hydrogens (tertiary/aromatic N) is 1. The Balaban J connectivity index is 2.39. The molecule has 5 heteroatoms. The highest BCUT2D eigenvalue weighted by Crippen LogP contribution is 2.18. The van der Waals surface area contributed by atoms with Crippen molar-refractivity contribution in [1.29, 1.82) is 0 Å². The summed E-state index contributed by atoms with van der Waals surface area (Å²) in [5.74, 6) is 1.12. The standard InChI is InChI=1S/C13H28N2O2S/c1-5-11(2)12(3)14-9-13-7-6-8-15(10-13)18(4,16)17/h11-14H,5-10H2,1-4H3. The van der Waals surface area contributed by atoms with Crippen LogP contribution in [0.3, 0.4) is 0 Å². The molecule has 1 saturated heterocycles. The molecule has 1 heterocycles. The number of piperidine rings is 1. The van der Waals surface area contributed by atoms with Gasteiger partial charge in [0.1, 0.15) is 0 Å². The zero-order valence-corrected chi connectivity index (χ0v) is 13.0. The van der Waals surface area contributed by atoms with Gasteiger partial charge in [-0.3, -0.25) is 0 Å². The fourth-order valence-corrected chi connectivity index (χ4v) is 3.34. The second kappa shape index (κ2) is 6.87. The summed E-state index contributed by atoms with van der Waals surface area (Å²) in [6.07, 6.45) is 4.60. The summed E-state index contributed by atoms with van der Waals surface area (Å²) in [5.41, 5.74) is 0. The minimum atomic E-state index is -3.01. The van der Waals surface area contributed by atoms with Crippen LogP contribution in [0, 0.1) is 11.8 Å². The largest absolute Gasteiger partial charge is 0.314 e. The Hall–Kier alpha value is -0.130. The molecular weight excluding hydrogens is 248 g/mol. The first kappa shape index (κ1) is 15.9. The van der Waals surface area contributed by atoms with Crippen LogP contribution in [0.25, 0.3) is 0 Å². The van der Waals surface area contributed by atoms with E-state index in [-0.39, 0.29) is 0 Å². The van der Waals surface area contributed by atoms with Gasteiger partial charge in [-0.25, -0.2) is 12.7 Å². The third-order valence-electron chi connectivity index (χ3n) is 4.18. The van der Waals surface area contributed by atoms with Crippen LogP contribution in [-0.4, -0.2) is 44.7 Å². The molecule has 1 aliphatic rings. The van der Waals surface area contributed by atoms with E-state index in [4.69, 9.17) is 0 Å². The van der Waals surface area contributed by atoms with Crippen molar-refractivity contribution < 1.29 is 8.42 Å². The highest BCUT2D eigenvalue weighted by molar-refractivity contribution is 7.88. The van der Waals surface area contributed by atoms with Crippen LogP contribution < -0.4 is 5.32 Å². The summed E-state index contributed by atoms with van der Waals surface area (Å²) in [4.78, 5) is 0. The molecule has 4 nitrogen and oxygen atoms in total. The predicted molar refractivity (Wildman–Crippen MR) is 76.1 cm³/mol. The van der Waals surface area contributed by atoms with Crippen molar-refractivity contribution in [2.75, 3.05) is 25.9 Å². The first-order valence-electron chi connectivity index (χ1n) is 7.03. The number of nitrogens with one attached hydrogen (secondary N) is 1. The quantitative estimate of drug-likeness (QED) is 0.803. The summed E-state index contributed by atoms with van der Waals surface area (Å²) >= 11 is 0. The van der Waals surface area contributed by atoms with Crippen LogP contribution in [0.15, 0.2) is 0 Å². The monoisotopic (exact) mass is 276 g/mol. The molecule has 0 radical (unpaired) electrons. The smallest absolute Gasteiger partial charge is 0.211 e. The summed E-state index contributed by atoms with van der Waals surface area (Å²) in [5, 5.41) is 3.55. The molecule has 1 fully saturated rings. The van der Waals surface area contributed by atoms with Gasteiger partial charge in [-0.05, 0) is 38.1 Å². The van der Waals surface area contributed by atoms with E-state index in [9.17, 15) is 8.42 Å². The van der Waals surface area contributed by atoms with E-state index in [0.29, 0.717) is 31.0 Å². The van der Waals surface area contributed by atoms with E-state index in [0.717, 1.165) is 19.4 Å². The number of hydrogen-bond acceptors (Lipinski definition) is 3. The predicted octanol–water partition coefficient (Wildman–Crippen LogP) is 1.68. The number of rotatable bonds is 6. The molecule has 0 bridgehead atoms. The lowest BCUT2D eigenvalue weighted by Gasteiger charge is -2.32. The molecule has 1 rings (SSSR count). The average molecular weight is 276 g/mol. The second-order valence-corrected chi connectivity index (χ2v) is 7.69. The SMILES string of the molecule is CCC(C)C(C)NCC1CCCN(S(C)(=O)=O)C1. The molecule has 0 saturated carbocycles. The first-order chi connectivity index (χ1) is 8.34. The lowest BCUT2D eigenvalue weighted by molar-refractivity contribution is 0.248. The molecule has 3 atom stereocenters. The van der Waals surface area contributed by atoms with Crippen molar-refractivity contribution >= 4 is 10.0 Å². The van der Waals surface area contributed by atoms with E-state index in [1.165, 1.54) is 12.7 Å². The van der Waals surface area contributed by atoms with Gasteiger partial charge in [0.05, 0.1) is 6.26 Å². The summed E-state index contributed by atoms with van der Waals surface area (Å²) < 4.78 is 24.7. The van der Waals surface area contributed by atoms with E-state index >= 15 is 0 Å². The van der Waals surface area contributed by atoms with Crippen LogP contribution in [0.1, 0.15) is 40.0 Å². The van der Waals surface area contributed by atoms with Crippen molar-refractivity contribution in [3.8, 4) is 0 Å². The molecule has 1 aliphatic heterocycles. The Morgan fingerprint density at radius 3 is 2.61 bits per heavy atom. The van der Waals surface area contributed by atoms with Crippen molar-refractivity contribution in [3.05, 3.63) is 0 Å². The number of sulfonamides is 1. The molecule has 0 amide bonds. The third-order valence-corrected chi connectivity index (χ3v) is 5.45. The average Bonchev–Trinajstić information content (AvgIpc) is 2.34. The van der Waals surface area contributed by atoms with Gasteiger partial charge < -0.3 is 5.32 Å². The molecule has 0 aromatic rings. The topological polar surface area (TPSA) is 49.4 Å². The summed E-state index contributed by atoms with van der Waals surface area (Å²) in [7, 11) is -3.01. The Kier molecular flexibility index (Phi) is 6.08. The fourth-order valence-electron chi connectivity index (χ4n) is 2.40. The molecule has 0 spiro atoms. The minimum absolute atomic E-state index is 0.458. The van der Waals surface area contributed by atoms with E-state index in [1.807, 2.05) is 0 Å². The van der Waals surface area contributed by atoms with Gasteiger partial charge in [0.2, 0.25) is 10.0 Å². The van der Waals surface area contributed by atoms with Crippen LogP contribution in [0.2, 0.25) is 0 Å². The number of hydrogen-bond donors (Lipinski definition) is 1. The summed E-state index contributed by atoms with van der Waals surface area (Å²) in [6.45, 7) is 8.97. The highest BCUT2D eigenvalue weighted by Gasteiger charge is 2.26. The molecule has 1 N–H and O–H groups in total. The Morgan fingerprint density at radius 2 is 2.06 bits per heavy atom. The van der Waals surface area contributed by atoms with Gasteiger partial charge in [-0.1, -0.05) is 20.3 Å². The highest BCUT2D eigenvalue weighted by atomic mass is 32.2. The molecule has 0 aliphatic carbocycles. The second-order valence-electron chi connectivity index (χ2n) is 5.71. The van der Waals surface area contributed by atoms with Crippen molar-refractivity contribution in [2.24, 2.45) is 11.8 Å². The molecule has 3 unspecified atom stereocenters. The van der Waals surface area contributed by atoms with Gasteiger partial charge in [-0.15, -0.1) is 0 Å². The Labute approximate surface area is 112 Å². The zero-order chi connectivity index (χ0) is 13.8. The van der Waals surface area contributed by atoms with Crippen LogP contribution in [0.5, 0.6) is 0 Å². The normalized spacial score (nSPS) is 25.9. The maximum atomic E-state index is 11.5. The summed E-state index contributed by atoms with van der Waals surface area (Å²) in [6, 6.07) is 0.503. The molecule has 0 aromatic carbocycles. The van der Waals surface area contributed by atoms with Crippen LogP contribution in [-0.2, 0) is 10.0 Å². The minimum Gasteiger partial charge on any atom is -0.314 e. The molecular formula is C13H28N2O2S. The van der Waals surface area contributed by atoms with Crippen molar-refractivity contribution in [3.63, 3.8) is 0 Å².